The molecule has 6 nitrogen and oxygen atoms in total. The van der Waals surface area contributed by atoms with Crippen LogP contribution in [0.1, 0.15) is 24.0 Å². The highest BCUT2D eigenvalue weighted by atomic mass is 15.3. The van der Waals surface area contributed by atoms with Crippen molar-refractivity contribution >= 4 is 11.3 Å². The summed E-state index contributed by atoms with van der Waals surface area (Å²) in [6, 6.07) is 12.7. The first kappa shape index (κ1) is 16.6. The molecule has 4 rings (SSSR count). The third-order valence-electron chi connectivity index (χ3n) is 5.07. The molecule has 26 heavy (non-hydrogen) atoms. The molecule has 132 valence electrons. The summed E-state index contributed by atoms with van der Waals surface area (Å²) in [5.74, 6) is 0.954. The van der Waals surface area contributed by atoms with Gasteiger partial charge in [0.2, 0.25) is 0 Å². The zero-order valence-electron chi connectivity index (χ0n) is 14.9. The second-order valence-corrected chi connectivity index (χ2v) is 6.90. The van der Waals surface area contributed by atoms with Crippen LogP contribution in [-0.4, -0.2) is 45.7 Å². The van der Waals surface area contributed by atoms with Crippen LogP contribution in [0.2, 0.25) is 0 Å². The quantitative estimate of drug-likeness (QED) is 0.711. The van der Waals surface area contributed by atoms with Crippen molar-refractivity contribution in [3.63, 3.8) is 0 Å². The summed E-state index contributed by atoms with van der Waals surface area (Å²) in [7, 11) is 2.12. The SMILES string of the molecule is CN(Cc1cn2ccccc2c1C#N)C[C@@H]1CCCN1c1cccnn1. The van der Waals surface area contributed by atoms with Crippen LogP contribution in [0.25, 0.3) is 5.52 Å². The second-order valence-electron chi connectivity index (χ2n) is 6.90. The van der Waals surface area contributed by atoms with Gasteiger partial charge in [0.05, 0.1) is 11.1 Å². The van der Waals surface area contributed by atoms with Crippen LogP contribution in [0.5, 0.6) is 0 Å². The molecule has 4 heterocycles. The topological polar surface area (TPSA) is 60.5 Å². The van der Waals surface area contributed by atoms with Crippen LogP contribution in [0, 0.1) is 11.3 Å². The minimum absolute atomic E-state index is 0.430. The fourth-order valence-electron chi connectivity index (χ4n) is 3.92. The van der Waals surface area contributed by atoms with Crippen LogP contribution < -0.4 is 4.90 Å². The lowest BCUT2D eigenvalue weighted by Crippen LogP contribution is -2.39. The Labute approximate surface area is 153 Å². The highest BCUT2D eigenvalue weighted by Crippen LogP contribution is 2.25. The van der Waals surface area contributed by atoms with E-state index in [1.807, 2.05) is 40.9 Å². The van der Waals surface area contributed by atoms with Gasteiger partial charge in [-0.1, -0.05) is 6.07 Å². The lowest BCUT2D eigenvalue weighted by Gasteiger charge is -2.29. The average Bonchev–Trinajstić information content (AvgIpc) is 3.26. The van der Waals surface area contributed by atoms with Gasteiger partial charge in [-0.2, -0.15) is 10.4 Å². The molecule has 0 aromatic carbocycles. The van der Waals surface area contributed by atoms with Crippen molar-refractivity contribution in [2.75, 3.05) is 25.0 Å². The maximum atomic E-state index is 9.59. The monoisotopic (exact) mass is 346 g/mol. The van der Waals surface area contributed by atoms with Crippen molar-refractivity contribution in [2.45, 2.75) is 25.4 Å². The van der Waals surface area contributed by atoms with Crippen molar-refractivity contribution in [3.05, 3.63) is 60.0 Å². The molecular formula is C20H22N6. The van der Waals surface area contributed by atoms with E-state index in [1.165, 1.54) is 6.42 Å². The highest BCUT2D eigenvalue weighted by Gasteiger charge is 2.27. The number of rotatable bonds is 5. The predicted molar refractivity (Wildman–Crippen MR) is 101 cm³/mol. The molecule has 0 aliphatic carbocycles. The van der Waals surface area contributed by atoms with Crippen LogP contribution >= 0.6 is 0 Å². The number of aromatic nitrogens is 3. The van der Waals surface area contributed by atoms with E-state index in [4.69, 9.17) is 0 Å². The van der Waals surface area contributed by atoms with Gasteiger partial charge in [0.15, 0.2) is 5.82 Å². The summed E-state index contributed by atoms with van der Waals surface area (Å²) in [6.45, 7) is 2.72. The number of pyridine rings is 1. The maximum absolute atomic E-state index is 9.59. The van der Waals surface area contributed by atoms with Crippen LogP contribution in [-0.2, 0) is 6.54 Å². The molecule has 3 aromatic heterocycles. The first-order chi connectivity index (χ1) is 12.8. The summed E-state index contributed by atoms with van der Waals surface area (Å²) in [5, 5.41) is 17.9. The minimum atomic E-state index is 0.430. The number of hydrogen-bond donors (Lipinski definition) is 0. The zero-order chi connectivity index (χ0) is 17.9. The van der Waals surface area contributed by atoms with Gasteiger partial charge in [0.1, 0.15) is 6.07 Å². The van der Waals surface area contributed by atoms with E-state index in [1.54, 1.807) is 6.20 Å². The Morgan fingerprint density at radius 2 is 2.23 bits per heavy atom. The van der Waals surface area contributed by atoms with E-state index < -0.39 is 0 Å². The largest absolute Gasteiger partial charge is 0.351 e. The molecule has 0 N–H and O–H groups in total. The maximum Gasteiger partial charge on any atom is 0.151 e. The van der Waals surface area contributed by atoms with E-state index >= 15 is 0 Å². The van der Waals surface area contributed by atoms with E-state index in [9.17, 15) is 5.26 Å². The van der Waals surface area contributed by atoms with E-state index in [0.29, 0.717) is 6.04 Å². The first-order valence-electron chi connectivity index (χ1n) is 8.98. The zero-order valence-corrected chi connectivity index (χ0v) is 14.9. The Bertz CT molecular complexity index is 926. The van der Waals surface area contributed by atoms with Crippen LogP contribution in [0.15, 0.2) is 48.9 Å². The number of hydrogen-bond acceptors (Lipinski definition) is 5. The molecule has 0 saturated carbocycles. The summed E-state index contributed by atoms with van der Waals surface area (Å²) >= 11 is 0. The number of likely N-dealkylation sites (N-methyl/N-ethyl adjacent to an activating group) is 1. The fraction of sp³-hybridized carbons (Fsp3) is 0.350. The standard InChI is InChI=1S/C20H22N6/c1-24(13-16-14-25-10-3-2-7-19(25)18(16)12-21)15-17-6-5-11-26(17)20-8-4-9-22-23-20/h2-4,7-10,14,17H,5-6,11,13,15H2,1H3/t17-/m0/s1. The molecule has 0 amide bonds. The molecular weight excluding hydrogens is 324 g/mol. The normalized spacial score (nSPS) is 17.1. The van der Waals surface area contributed by atoms with E-state index in [0.717, 1.165) is 48.5 Å². The van der Waals surface area contributed by atoms with Gasteiger partial charge in [0.25, 0.3) is 0 Å². The Balaban J connectivity index is 1.49. The second kappa shape index (κ2) is 7.14. The number of nitrogens with zero attached hydrogens (tertiary/aromatic N) is 6. The van der Waals surface area contributed by atoms with Gasteiger partial charge in [-0.25, -0.2) is 0 Å². The summed E-state index contributed by atoms with van der Waals surface area (Å²) in [6.07, 6.45) is 8.10. The molecule has 1 saturated heterocycles. The number of nitriles is 1. The van der Waals surface area contributed by atoms with Crippen molar-refractivity contribution in [3.8, 4) is 6.07 Å². The highest BCUT2D eigenvalue weighted by molar-refractivity contribution is 5.65. The van der Waals surface area contributed by atoms with Crippen molar-refractivity contribution < 1.29 is 0 Å². The van der Waals surface area contributed by atoms with Crippen molar-refractivity contribution in [2.24, 2.45) is 0 Å². The van der Waals surface area contributed by atoms with Gasteiger partial charge in [-0.3, -0.25) is 4.90 Å². The average molecular weight is 346 g/mol. The molecule has 1 aliphatic heterocycles. The summed E-state index contributed by atoms with van der Waals surface area (Å²) in [4.78, 5) is 4.65. The van der Waals surface area contributed by atoms with Gasteiger partial charge in [0, 0.05) is 49.8 Å². The Morgan fingerprint density at radius 3 is 3.04 bits per heavy atom. The van der Waals surface area contributed by atoms with Gasteiger partial charge in [-0.05, 0) is 44.2 Å². The molecule has 0 radical (unpaired) electrons. The third kappa shape index (κ3) is 3.14. The van der Waals surface area contributed by atoms with Crippen molar-refractivity contribution in [1.29, 1.82) is 5.26 Å². The molecule has 3 aromatic rings. The third-order valence-corrected chi connectivity index (χ3v) is 5.07. The molecule has 6 heteroatoms. The lowest BCUT2D eigenvalue weighted by molar-refractivity contribution is 0.302. The number of anilines is 1. The summed E-state index contributed by atoms with van der Waals surface area (Å²) < 4.78 is 2.03. The molecule has 0 spiro atoms. The fourth-order valence-corrected chi connectivity index (χ4v) is 3.92. The predicted octanol–water partition coefficient (Wildman–Crippen LogP) is 2.70. The van der Waals surface area contributed by atoms with E-state index in [-0.39, 0.29) is 0 Å². The Kier molecular flexibility index (Phi) is 4.55. The molecule has 0 bridgehead atoms. The first-order valence-corrected chi connectivity index (χ1v) is 8.98. The minimum Gasteiger partial charge on any atom is -0.351 e. The molecule has 0 unspecified atom stereocenters. The Morgan fingerprint density at radius 1 is 1.31 bits per heavy atom. The van der Waals surface area contributed by atoms with Gasteiger partial charge in [-0.15, -0.1) is 5.10 Å². The lowest BCUT2D eigenvalue weighted by atomic mass is 10.1. The van der Waals surface area contributed by atoms with Gasteiger partial charge < -0.3 is 9.30 Å². The molecule has 1 fully saturated rings. The smallest absolute Gasteiger partial charge is 0.151 e. The molecule has 1 aliphatic rings. The van der Waals surface area contributed by atoms with E-state index in [2.05, 4.69) is 39.3 Å². The number of fused-ring (bicyclic) bond motifs is 1. The van der Waals surface area contributed by atoms with Crippen LogP contribution in [0.3, 0.4) is 0 Å². The van der Waals surface area contributed by atoms with Crippen LogP contribution in [0.4, 0.5) is 5.82 Å². The molecule has 1 atom stereocenters. The summed E-state index contributed by atoms with van der Waals surface area (Å²) in [5.41, 5.74) is 2.82. The van der Waals surface area contributed by atoms with Crippen molar-refractivity contribution in [1.82, 2.24) is 19.5 Å². The Hall–Kier alpha value is -2.91. The van der Waals surface area contributed by atoms with Gasteiger partial charge >= 0.3 is 0 Å².